The monoisotopic (exact) mass is 298 g/mol. The minimum absolute atomic E-state index is 0.0284. The van der Waals surface area contributed by atoms with Crippen molar-refractivity contribution in [2.75, 3.05) is 33.3 Å². The number of ether oxygens (including phenoxy) is 2. The van der Waals surface area contributed by atoms with Crippen molar-refractivity contribution in [1.82, 2.24) is 9.80 Å². The fourth-order valence-corrected chi connectivity index (χ4v) is 2.86. The van der Waals surface area contributed by atoms with Crippen LogP contribution in [0.4, 0.5) is 4.79 Å². The molecule has 2 heterocycles. The van der Waals surface area contributed by atoms with Gasteiger partial charge in [0.05, 0.1) is 13.0 Å². The van der Waals surface area contributed by atoms with Crippen molar-refractivity contribution in [1.29, 1.82) is 0 Å². The van der Waals surface area contributed by atoms with E-state index in [-0.39, 0.29) is 18.0 Å². The molecule has 1 amide bonds. The maximum Gasteiger partial charge on any atom is 0.410 e. The van der Waals surface area contributed by atoms with E-state index in [2.05, 4.69) is 4.90 Å². The van der Waals surface area contributed by atoms with Crippen molar-refractivity contribution in [3.8, 4) is 0 Å². The number of amides is 1. The summed E-state index contributed by atoms with van der Waals surface area (Å²) in [5.74, 6) is -0.151. The summed E-state index contributed by atoms with van der Waals surface area (Å²) in [6, 6.07) is 0.338. The Bertz CT molecular complexity index is 399. The Kier molecular flexibility index (Phi) is 4.76. The second-order valence-corrected chi connectivity index (χ2v) is 6.90. The van der Waals surface area contributed by atoms with Crippen LogP contribution in [0.5, 0.6) is 0 Å². The van der Waals surface area contributed by atoms with Gasteiger partial charge in [0, 0.05) is 25.7 Å². The molecule has 0 aromatic rings. The number of carbonyl (C=O) groups excluding carboxylic acids is 2. The summed E-state index contributed by atoms with van der Waals surface area (Å²) in [4.78, 5) is 27.6. The van der Waals surface area contributed by atoms with Crippen LogP contribution in [0.25, 0.3) is 0 Å². The molecule has 0 bridgehead atoms. The number of nitrogens with zero attached hydrogens (tertiary/aromatic N) is 2. The minimum Gasteiger partial charge on any atom is -0.469 e. The third kappa shape index (κ3) is 4.09. The highest BCUT2D eigenvalue weighted by atomic mass is 16.6. The molecule has 0 aromatic heterocycles. The summed E-state index contributed by atoms with van der Waals surface area (Å²) in [7, 11) is 1.44. The molecule has 21 heavy (non-hydrogen) atoms. The summed E-state index contributed by atoms with van der Waals surface area (Å²) in [6.07, 6.45) is 1.65. The highest BCUT2D eigenvalue weighted by molar-refractivity contribution is 5.72. The second kappa shape index (κ2) is 6.22. The number of esters is 1. The van der Waals surface area contributed by atoms with Crippen molar-refractivity contribution in [3.05, 3.63) is 0 Å². The molecule has 6 heteroatoms. The predicted molar refractivity (Wildman–Crippen MR) is 77.9 cm³/mol. The van der Waals surface area contributed by atoms with Crippen LogP contribution in [-0.4, -0.2) is 66.8 Å². The average molecular weight is 298 g/mol. The Morgan fingerprint density at radius 2 is 1.81 bits per heavy atom. The Hall–Kier alpha value is -1.30. The van der Waals surface area contributed by atoms with Crippen LogP contribution in [0.15, 0.2) is 0 Å². The third-order valence-corrected chi connectivity index (χ3v) is 4.02. The molecule has 6 nitrogen and oxygen atoms in total. The van der Waals surface area contributed by atoms with E-state index in [1.165, 1.54) is 7.11 Å². The molecule has 2 aliphatic rings. The zero-order valence-electron chi connectivity index (χ0n) is 13.4. The molecule has 0 radical (unpaired) electrons. The lowest BCUT2D eigenvalue weighted by Crippen LogP contribution is -2.63. The molecule has 2 fully saturated rings. The van der Waals surface area contributed by atoms with E-state index in [9.17, 15) is 9.59 Å². The molecule has 2 saturated heterocycles. The summed E-state index contributed by atoms with van der Waals surface area (Å²) >= 11 is 0. The smallest absolute Gasteiger partial charge is 0.410 e. The van der Waals surface area contributed by atoms with Gasteiger partial charge in [-0.3, -0.25) is 9.69 Å². The van der Waals surface area contributed by atoms with Gasteiger partial charge in [-0.05, 0) is 40.2 Å². The molecular formula is C15H26N2O4. The van der Waals surface area contributed by atoms with Crippen LogP contribution in [0.3, 0.4) is 0 Å². The van der Waals surface area contributed by atoms with Gasteiger partial charge in [-0.1, -0.05) is 0 Å². The molecule has 0 aliphatic carbocycles. The van der Waals surface area contributed by atoms with Crippen molar-refractivity contribution in [3.63, 3.8) is 0 Å². The molecule has 2 rings (SSSR count). The Balaban J connectivity index is 1.79. The van der Waals surface area contributed by atoms with E-state index in [1.54, 1.807) is 4.90 Å². The normalized spacial score (nSPS) is 24.4. The van der Waals surface area contributed by atoms with Gasteiger partial charge in [0.25, 0.3) is 0 Å². The molecule has 120 valence electrons. The molecule has 2 aliphatic heterocycles. The van der Waals surface area contributed by atoms with Crippen molar-refractivity contribution < 1.29 is 19.1 Å². The largest absolute Gasteiger partial charge is 0.469 e. The van der Waals surface area contributed by atoms with Crippen LogP contribution in [-0.2, 0) is 14.3 Å². The van der Waals surface area contributed by atoms with Crippen molar-refractivity contribution >= 4 is 12.1 Å². The lowest BCUT2D eigenvalue weighted by molar-refractivity contribution is -0.148. The molecule has 1 atom stereocenters. The van der Waals surface area contributed by atoms with Gasteiger partial charge >= 0.3 is 12.1 Å². The van der Waals surface area contributed by atoms with E-state index in [1.807, 2.05) is 20.8 Å². The first-order valence-corrected chi connectivity index (χ1v) is 7.60. The average Bonchev–Trinajstić information content (AvgIpc) is 2.34. The summed E-state index contributed by atoms with van der Waals surface area (Å²) in [5, 5.41) is 0. The Labute approximate surface area is 126 Å². The Morgan fingerprint density at radius 1 is 1.14 bits per heavy atom. The lowest BCUT2D eigenvalue weighted by Gasteiger charge is -2.47. The maximum atomic E-state index is 11.9. The summed E-state index contributed by atoms with van der Waals surface area (Å²) in [6.45, 7) is 8.70. The van der Waals surface area contributed by atoms with Crippen LogP contribution in [0, 0.1) is 5.92 Å². The van der Waals surface area contributed by atoms with Crippen molar-refractivity contribution in [2.24, 2.45) is 5.92 Å². The topological polar surface area (TPSA) is 59.1 Å². The highest BCUT2D eigenvalue weighted by Gasteiger charge is 2.39. The predicted octanol–water partition coefficient (Wildman–Crippen LogP) is 1.49. The zero-order valence-corrected chi connectivity index (χ0v) is 13.4. The van der Waals surface area contributed by atoms with Gasteiger partial charge in [-0.15, -0.1) is 0 Å². The SMILES string of the molecule is COC(=O)C1CCCN(C2CN(C(=O)OC(C)(C)C)C2)C1. The lowest BCUT2D eigenvalue weighted by atomic mass is 9.95. The van der Waals surface area contributed by atoms with Crippen LogP contribution in [0.1, 0.15) is 33.6 Å². The maximum absolute atomic E-state index is 11.9. The number of hydrogen-bond acceptors (Lipinski definition) is 5. The number of hydrogen-bond donors (Lipinski definition) is 0. The second-order valence-electron chi connectivity index (χ2n) is 6.90. The van der Waals surface area contributed by atoms with E-state index >= 15 is 0 Å². The Morgan fingerprint density at radius 3 is 2.38 bits per heavy atom. The minimum atomic E-state index is -0.455. The van der Waals surface area contributed by atoms with Gasteiger partial charge in [0.1, 0.15) is 5.60 Å². The highest BCUT2D eigenvalue weighted by Crippen LogP contribution is 2.25. The first kappa shape index (κ1) is 16.1. The first-order valence-electron chi connectivity index (χ1n) is 7.60. The van der Waals surface area contributed by atoms with Gasteiger partial charge in [-0.25, -0.2) is 4.79 Å². The van der Waals surface area contributed by atoms with Gasteiger partial charge in [0.2, 0.25) is 0 Å². The number of piperidine rings is 1. The van der Waals surface area contributed by atoms with E-state index in [4.69, 9.17) is 9.47 Å². The summed E-state index contributed by atoms with van der Waals surface area (Å²) < 4.78 is 10.2. The molecule has 0 aromatic carbocycles. The summed E-state index contributed by atoms with van der Waals surface area (Å²) in [5.41, 5.74) is -0.455. The quantitative estimate of drug-likeness (QED) is 0.723. The van der Waals surface area contributed by atoms with Crippen LogP contribution < -0.4 is 0 Å². The first-order chi connectivity index (χ1) is 9.80. The van der Waals surface area contributed by atoms with Gasteiger partial charge in [-0.2, -0.15) is 0 Å². The van der Waals surface area contributed by atoms with E-state index in [0.717, 1.165) is 25.9 Å². The van der Waals surface area contributed by atoms with E-state index in [0.29, 0.717) is 19.1 Å². The van der Waals surface area contributed by atoms with Gasteiger partial charge in [0.15, 0.2) is 0 Å². The number of rotatable bonds is 2. The fraction of sp³-hybridized carbons (Fsp3) is 0.867. The zero-order chi connectivity index (χ0) is 15.6. The molecule has 0 spiro atoms. The molecule has 0 N–H and O–H groups in total. The van der Waals surface area contributed by atoms with Crippen LogP contribution in [0.2, 0.25) is 0 Å². The number of likely N-dealkylation sites (tertiary alicyclic amines) is 2. The number of methoxy groups -OCH3 is 1. The van der Waals surface area contributed by atoms with Crippen LogP contribution >= 0.6 is 0 Å². The third-order valence-electron chi connectivity index (χ3n) is 4.02. The molecular weight excluding hydrogens is 272 g/mol. The number of carbonyl (C=O) groups is 2. The molecule has 1 unspecified atom stereocenters. The molecule has 0 saturated carbocycles. The van der Waals surface area contributed by atoms with E-state index < -0.39 is 5.60 Å². The fourth-order valence-electron chi connectivity index (χ4n) is 2.86. The van der Waals surface area contributed by atoms with Crippen molar-refractivity contribution in [2.45, 2.75) is 45.3 Å². The van der Waals surface area contributed by atoms with Gasteiger partial charge < -0.3 is 14.4 Å². The standard InChI is InChI=1S/C15H26N2O4/c1-15(2,3)21-14(19)17-9-12(10-17)16-7-5-6-11(8-16)13(18)20-4/h11-12H,5-10H2,1-4H3.